The molecule has 1 unspecified atom stereocenters. The van der Waals surface area contributed by atoms with Gasteiger partial charge in [0.15, 0.2) is 5.96 Å². The fourth-order valence-electron chi connectivity index (χ4n) is 1.21. The molecule has 1 aromatic heterocycles. The topological polar surface area (TPSA) is 49.6 Å². The van der Waals surface area contributed by atoms with Gasteiger partial charge in [0.2, 0.25) is 0 Å². The summed E-state index contributed by atoms with van der Waals surface area (Å²) in [5, 5.41) is 6.53. The van der Waals surface area contributed by atoms with Gasteiger partial charge < -0.3 is 15.1 Å². The van der Waals surface area contributed by atoms with Crippen LogP contribution in [0.15, 0.2) is 27.8 Å². The third-order valence-corrected chi connectivity index (χ3v) is 2.31. The molecule has 16 heavy (non-hydrogen) atoms. The van der Waals surface area contributed by atoms with E-state index >= 15 is 0 Å². The van der Waals surface area contributed by atoms with Crippen LogP contribution in [0.4, 0.5) is 0 Å². The Labute approximate surface area is 97.1 Å². The lowest BCUT2D eigenvalue weighted by Gasteiger charge is -2.15. The van der Waals surface area contributed by atoms with Gasteiger partial charge in [-0.2, -0.15) is 0 Å². The second kappa shape index (κ2) is 6.93. The van der Waals surface area contributed by atoms with Crippen molar-refractivity contribution in [2.45, 2.75) is 39.8 Å². The minimum atomic E-state index is 0.425. The lowest BCUT2D eigenvalue weighted by Crippen LogP contribution is -2.41. The molecule has 0 bridgehead atoms. The molecule has 0 aromatic carbocycles. The van der Waals surface area contributed by atoms with E-state index in [0.29, 0.717) is 12.6 Å². The Hall–Kier alpha value is -1.45. The highest BCUT2D eigenvalue weighted by Gasteiger charge is 2.02. The van der Waals surface area contributed by atoms with E-state index in [1.165, 1.54) is 0 Å². The van der Waals surface area contributed by atoms with E-state index in [9.17, 15) is 0 Å². The number of rotatable bonds is 5. The van der Waals surface area contributed by atoms with Gasteiger partial charge in [-0.05, 0) is 32.4 Å². The van der Waals surface area contributed by atoms with E-state index in [1.807, 2.05) is 12.1 Å². The van der Waals surface area contributed by atoms with Crippen LogP contribution in [0, 0.1) is 0 Å². The Balaban J connectivity index is 2.51. The second-order valence-corrected chi connectivity index (χ2v) is 3.73. The van der Waals surface area contributed by atoms with Crippen molar-refractivity contribution in [3.63, 3.8) is 0 Å². The fourth-order valence-corrected chi connectivity index (χ4v) is 1.21. The molecule has 4 nitrogen and oxygen atoms in total. The second-order valence-electron chi connectivity index (χ2n) is 3.73. The zero-order chi connectivity index (χ0) is 11.8. The van der Waals surface area contributed by atoms with Crippen LogP contribution in [0.3, 0.4) is 0 Å². The maximum atomic E-state index is 5.23. The number of hydrogen-bond donors (Lipinski definition) is 2. The molecule has 0 aliphatic rings. The first-order valence-corrected chi connectivity index (χ1v) is 5.83. The Kier molecular flexibility index (Phi) is 5.46. The van der Waals surface area contributed by atoms with E-state index in [2.05, 4.69) is 36.4 Å². The van der Waals surface area contributed by atoms with Gasteiger partial charge in [0.1, 0.15) is 12.3 Å². The van der Waals surface area contributed by atoms with Gasteiger partial charge >= 0.3 is 0 Å². The molecule has 2 N–H and O–H groups in total. The number of aliphatic imine (C=N–C) groups is 1. The standard InChI is InChI=1S/C12H21N3O/c1-4-10(3)15-12(13-5-2)14-9-11-7-6-8-16-11/h6-8,10H,4-5,9H2,1-3H3,(H2,13,14,15). The minimum Gasteiger partial charge on any atom is -0.467 e. The van der Waals surface area contributed by atoms with Crippen LogP contribution < -0.4 is 10.6 Å². The predicted octanol–water partition coefficient (Wildman–Crippen LogP) is 2.13. The first-order valence-electron chi connectivity index (χ1n) is 5.83. The molecule has 0 aliphatic carbocycles. The van der Waals surface area contributed by atoms with E-state index in [4.69, 9.17) is 4.42 Å². The molecular formula is C12H21N3O. The fraction of sp³-hybridized carbons (Fsp3) is 0.583. The molecular weight excluding hydrogens is 202 g/mol. The average Bonchev–Trinajstić information content (AvgIpc) is 2.79. The summed E-state index contributed by atoms with van der Waals surface area (Å²) in [6.45, 7) is 7.77. The number of furan rings is 1. The van der Waals surface area contributed by atoms with Crippen molar-refractivity contribution in [2.24, 2.45) is 4.99 Å². The highest BCUT2D eigenvalue weighted by Crippen LogP contribution is 2.01. The van der Waals surface area contributed by atoms with E-state index in [0.717, 1.165) is 24.7 Å². The smallest absolute Gasteiger partial charge is 0.191 e. The molecule has 0 saturated heterocycles. The molecule has 1 heterocycles. The number of nitrogens with one attached hydrogen (secondary N) is 2. The molecule has 0 spiro atoms. The number of hydrogen-bond acceptors (Lipinski definition) is 2. The van der Waals surface area contributed by atoms with Crippen molar-refractivity contribution in [3.05, 3.63) is 24.2 Å². The molecule has 1 aromatic rings. The summed E-state index contributed by atoms with van der Waals surface area (Å²) < 4.78 is 5.23. The number of nitrogens with zero attached hydrogens (tertiary/aromatic N) is 1. The number of guanidine groups is 1. The molecule has 0 aliphatic heterocycles. The maximum Gasteiger partial charge on any atom is 0.191 e. The van der Waals surface area contributed by atoms with E-state index in [1.54, 1.807) is 6.26 Å². The molecule has 90 valence electrons. The van der Waals surface area contributed by atoms with Crippen LogP contribution in [0.25, 0.3) is 0 Å². The normalized spacial score (nSPS) is 13.6. The summed E-state index contributed by atoms with van der Waals surface area (Å²) in [4.78, 5) is 4.44. The Morgan fingerprint density at radius 1 is 1.50 bits per heavy atom. The van der Waals surface area contributed by atoms with Gasteiger partial charge in [-0.3, -0.25) is 0 Å². The maximum absolute atomic E-state index is 5.23. The van der Waals surface area contributed by atoms with Gasteiger partial charge in [0.05, 0.1) is 6.26 Å². The van der Waals surface area contributed by atoms with Gasteiger partial charge in [0.25, 0.3) is 0 Å². The first-order chi connectivity index (χ1) is 7.76. The Morgan fingerprint density at radius 2 is 2.31 bits per heavy atom. The van der Waals surface area contributed by atoms with Crippen LogP contribution in [-0.2, 0) is 6.54 Å². The van der Waals surface area contributed by atoms with Gasteiger partial charge in [-0.15, -0.1) is 0 Å². The van der Waals surface area contributed by atoms with Crippen LogP contribution in [0.5, 0.6) is 0 Å². The third kappa shape index (κ3) is 4.38. The average molecular weight is 223 g/mol. The SMILES string of the molecule is CCNC(=NCc1ccco1)NC(C)CC. The zero-order valence-electron chi connectivity index (χ0n) is 10.3. The summed E-state index contributed by atoms with van der Waals surface area (Å²) in [6.07, 6.45) is 2.74. The van der Waals surface area contributed by atoms with E-state index in [-0.39, 0.29) is 0 Å². The van der Waals surface area contributed by atoms with E-state index < -0.39 is 0 Å². The zero-order valence-corrected chi connectivity index (χ0v) is 10.3. The molecule has 0 radical (unpaired) electrons. The summed E-state index contributed by atoms with van der Waals surface area (Å²) in [5.41, 5.74) is 0. The minimum absolute atomic E-state index is 0.425. The quantitative estimate of drug-likeness (QED) is 0.594. The molecule has 0 fully saturated rings. The van der Waals surface area contributed by atoms with Crippen molar-refractivity contribution < 1.29 is 4.42 Å². The Morgan fingerprint density at radius 3 is 2.88 bits per heavy atom. The van der Waals surface area contributed by atoms with Crippen molar-refractivity contribution in [3.8, 4) is 0 Å². The van der Waals surface area contributed by atoms with Gasteiger partial charge in [-0.1, -0.05) is 6.92 Å². The van der Waals surface area contributed by atoms with Crippen molar-refractivity contribution in [2.75, 3.05) is 6.54 Å². The van der Waals surface area contributed by atoms with Crippen LogP contribution in [0.2, 0.25) is 0 Å². The van der Waals surface area contributed by atoms with Crippen molar-refractivity contribution in [1.82, 2.24) is 10.6 Å². The van der Waals surface area contributed by atoms with Gasteiger partial charge in [0, 0.05) is 12.6 Å². The van der Waals surface area contributed by atoms with Crippen molar-refractivity contribution in [1.29, 1.82) is 0 Å². The lowest BCUT2D eigenvalue weighted by molar-refractivity contribution is 0.511. The summed E-state index contributed by atoms with van der Waals surface area (Å²) in [5.74, 6) is 1.72. The summed E-state index contributed by atoms with van der Waals surface area (Å²) in [6, 6.07) is 4.23. The summed E-state index contributed by atoms with van der Waals surface area (Å²) in [7, 11) is 0. The third-order valence-electron chi connectivity index (χ3n) is 2.31. The van der Waals surface area contributed by atoms with Crippen molar-refractivity contribution >= 4 is 5.96 Å². The predicted molar refractivity (Wildman–Crippen MR) is 66.4 cm³/mol. The highest BCUT2D eigenvalue weighted by molar-refractivity contribution is 5.79. The Bertz CT molecular complexity index is 306. The molecule has 0 saturated carbocycles. The van der Waals surface area contributed by atoms with Crippen LogP contribution >= 0.6 is 0 Å². The largest absolute Gasteiger partial charge is 0.467 e. The molecule has 1 atom stereocenters. The van der Waals surface area contributed by atoms with Crippen LogP contribution in [0.1, 0.15) is 33.0 Å². The first kappa shape index (κ1) is 12.6. The lowest BCUT2D eigenvalue weighted by atomic mass is 10.3. The molecule has 0 amide bonds. The molecule has 4 heteroatoms. The summed E-state index contributed by atoms with van der Waals surface area (Å²) >= 11 is 0. The van der Waals surface area contributed by atoms with Crippen LogP contribution in [-0.4, -0.2) is 18.5 Å². The monoisotopic (exact) mass is 223 g/mol. The highest BCUT2D eigenvalue weighted by atomic mass is 16.3. The molecule has 1 rings (SSSR count). The van der Waals surface area contributed by atoms with Gasteiger partial charge in [-0.25, -0.2) is 4.99 Å².